The molecule has 7 bridgehead atoms. The Labute approximate surface area is 316 Å². The van der Waals surface area contributed by atoms with Crippen LogP contribution >= 0.6 is 0 Å². The number of carbonyl (C=O) groups is 5. The topological polar surface area (TPSA) is 162 Å². The van der Waals surface area contributed by atoms with Gasteiger partial charge in [0.25, 0.3) is 11.7 Å². The summed E-state index contributed by atoms with van der Waals surface area (Å²) < 4.78 is 42.5. The maximum atomic E-state index is 14.1. The number of hydrogen-bond donors (Lipinski definition) is 1. The highest BCUT2D eigenvalue weighted by Crippen LogP contribution is 2.48. The van der Waals surface area contributed by atoms with Gasteiger partial charge >= 0.3 is 11.8 Å². The van der Waals surface area contributed by atoms with Crippen molar-refractivity contribution in [2.45, 2.75) is 105 Å². The van der Waals surface area contributed by atoms with Gasteiger partial charge in [0, 0.05) is 61.8 Å². The second-order valence-corrected chi connectivity index (χ2v) is 15.2. The molecule has 1 amide bonds. The summed E-state index contributed by atoms with van der Waals surface area (Å²) in [5.41, 5.74) is -0.202. The lowest BCUT2D eigenvalue weighted by Gasteiger charge is -2.50. The number of hydrogen-bond acceptors (Lipinski definition) is 12. The van der Waals surface area contributed by atoms with E-state index in [2.05, 4.69) is 5.32 Å². The number of amides is 1. The van der Waals surface area contributed by atoms with Crippen LogP contribution in [0.2, 0.25) is 0 Å². The van der Waals surface area contributed by atoms with Gasteiger partial charge in [0.2, 0.25) is 5.78 Å². The van der Waals surface area contributed by atoms with Crippen molar-refractivity contribution < 1.29 is 57.1 Å². The van der Waals surface area contributed by atoms with Crippen molar-refractivity contribution in [3.8, 4) is 11.5 Å². The molecule has 9 atom stereocenters. The van der Waals surface area contributed by atoms with Crippen LogP contribution in [0.5, 0.6) is 11.5 Å². The number of methoxy groups -OCH3 is 2. The number of allylic oxidation sites excluding steroid dienone is 4. The van der Waals surface area contributed by atoms with Crippen LogP contribution in [0.15, 0.2) is 47.9 Å². The third-order valence-corrected chi connectivity index (χ3v) is 10.7. The van der Waals surface area contributed by atoms with Crippen molar-refractivity contribution in [3.63, 3.8) is 0 Å². The normalized spacial score (nSPS) is 32.6. The van der Waals surface area contributed by atoms with Gasteiger partial charge in [-0.1, -0.05) is 45.9 Å². The summed E-state index contributed by atoms with van der Waals surface area (Å²) in [5, 5.41) is 2.57. The third kappa shape index (κ3) is 7.41. The van der Waals surface area contributed by atoms with Crippen LogP contribution in [0.1, 0.15) is 99.0 Å². The van der Waals surface area contributed by atoms with Crippen molar-refractivity contribution in [2.75, 3.05) is 14.2 Å². The molecule has 292 valence electrons. The van der Waals surface area contributed by atoms with Crippen molar-refractivity contribution in [2.24, 2.45) is 23.7 Å². The summed E-state index contributed by atoms with van der Waals surface area (Å²) in [4.78, 5) is 67.7. The van der Waals surface area contributed by atoms with Crippen LogP contribution in [-0.4, -0.2) is 79.4 Å². The van der Waals surface area contributed by atoms with E-state index in [-0.39, 0.29) is 63.3 Å². The molecule has 0 aromatic heterocycles. The van der Waals surface area contributed by atoms with Crippen LogP contribution in [0.3, 0.4) is 0 Å². The molecule has 1 N–H and O–H groups in total. The van der Waals surface area contributed by atoms with E-state index in [1.165, 1.54) is 34.3 Å². The van der Waals surface area contributed by atoms with Crippen LogP contribution in [0.25, 0.3) is 0 Å². The molecule has 1 aromatic carbocycles. The van der Waals surface area contributed by atoms with E-state index in [9.17, 15) is 24.0 Å². The average molecular weight is 750 g/mol. The number of carbonyl (C=O) groups excluding carboxylic acids is 5. The minimum Gasteiger partial charge on any atom is -0.496 e. The van der Waals surface area contributed by atoms with Gasteiger partial charge in [-0.15, -0.1) is 0 Å². The molecule has 0 radical (unpaired) electrons. The number of nitrogens with one attached hydrogen (secondary N) is 1. The first kappa shape index (κ1) is 40.6. The highest BCUT2D eigenvalue weighted by molar-refractivity contribution is 6.31. The third-order valence-electron chi connectivity index (χ3n) is 10.7. The molecule has 0 spiro atoms. The standard InChI is InChI=1S/C41H51NO12/c1-19-14-13-15-20(2)39(47)42-26-18-27(44)29-30(32(26)45)36(49-12)24(6)37-31(29)38(46)41(10,54-37)50-17-16-28(48-11)21(3)34(51-25(7)43)23(5)35-22(4)33(19)52-40(8,9)53-35/h13-19,21-23,28,33-35H,1-12H3,(H,42,47)/t19-,21-,22+,23+,28+,33+,34+,35-,41-/m0/s1. The zero-order valence-corrected chi connectivity index (χ0v) is 33.0. The zero-order chi connectivity index (χ0) is 40.0. The van der Waals surface area contributed by atoms with Crippen molar-refractivity contribution in [1.82, 2.24) is 5.32 Å². The zero-order valence-electron chi connectivity index (χ0n) is 33.0. The van der Waals surface area contributed by atoms with Gasteiger partial charge in [0.1, 0.15) is 17.6 Å². The Kier molecular flexibility index (Phi) is 11.5. The minimum absolute atomic E-state index is 0.0250. The number of fused-ring (bicyclic) bond motifs is 10. The van der Waals surface area contributed by atoms with Gasteiger partial charge in [-0.05, 0) is 33.8 Å². The Morgan fingerprint density at radius 3 is 2.17 bits per heavy atom. The van der Waals surface area contributed by atoms with Crippen molar-refractivity contribution >= 4 is 29.2 Å². The first-order valence-corrected chi connectivity index (χ1v) is 18.1. The Hall–Kier alpha value is -4.59. The highest BCUT2D eigenvalue weighted by Gasteiger charge is 2.52. The second kappa shape index (κ2) is 15.3. The first-order valence-electron chi connectivity index (χ1n) is 18.1. The van der Waals surface area contributed by atoms with E-state index in [0.29, 0.717) is 5.56 Å². The molecule has 0 saturated carbocycles. The smallest absolute Gasteiger partial charge is 0.312 e. The Morgan fingerprint density at radius 2 is 1.54 bits per heavy atom. The van der Waals surface area contributed by atoms with E-state index in [4.69, 9.17) is 33.2 Å². The molecular formula is C41H51NO12. The van der Waals surface area contributed by atoms with Crippen LogP contribution in [0.4, 0.5) is 0 Å². The number of ether oxygens (including phenoxy) is 7. The molecule has 13 nitrogen and oxygen atoms in total. The minimum atomic E-state index is -1.94. The van der Waals surface area contributed by atoms with Gasteiger partial charge < -0.3 is 38.5 Å². The largest absolute Gasteiger partial charge is 0.496 e. The molecule has 5 aliphatic rings. The molecule has 54 heavy (non-hydrogen) atoms. The average Bonchev–Trinajstić information content (AvgIpc) is 3.37. The van der Waals surface area contributed by atoms with Crippen LogP contribution < -0.4 is 14.8 Å². The maximum Gasteiger partial charge on any atom is 0.312 e. The Balaban J connectivity index is 1.63. The fraction of sp³-hybridized carbons (Fsp3) is 0.537. The van der Waals surface area contributed by atoms with Gasteiger partial charge in [-0.2, -0.15) is 0 Å². The number of ketones is 3. The summed E-state index contributed by atoms with van der Waals surface area (Å²) >= 11 is 0. The van der Waals surface area contributed by atoms with E-state index in [1.54, 1.807) is 32.1 Å². The molecule has 6 rings (SSSR count). The molecule has 0 unspecified atom stereocenters. The van der Waals surface area contributed by atoms with E-state index in [1.807, 2.05) is 47.6 Å². The Bertz CT molecular complexity index is 1870. The van der Waals surface area contributed by atoms with E-state index >= 15 is 0 Å². The summed E-state index contributed by atoms with van der Waals surface area (Å²) in [6.07, 6.45) is 7.04. The lowest BCUT2D eigenvalue weighted by Crippen LogP contribution is -2.56. The van der Waals surface area contributed by atoms with Crippen molar-refractivity contribution in [1.29, 1.82) is 0 Å². The van der Waals surface area contributed by atoms with Crippen LogP contribution in [0, 0.1) is 30.6 Å². The molecule has 1 aromatic rings. The molecule has 13 heteroatoms. The maximum absolute atomic E-state index is 14.1. The number of benzene rings is 1. The lowest BCUT2D eigenvalue weighted by atomic mass is 9.77. The van der Waals surface area contributed by atoms with Gasteiger partial charge in [0.05, 0.1) is 54.1 Å². The molecule has 1 saturated heterocycles. The predicted molar refractivity (Wildman–Crippen MR) is 196 cm³/mol. The summed E-state index contributed by atoms with van der Waals surface area (Å²) in [7, 11) is 2.84. The van der Waals surface area contributed by atoms with E-state index < -0.39 is 65.0 Å². The quantitative estimate of drug-likeness (QED) is 0.374. The molecule has 4 heterocycles. The Morgan fingerprint density at radius 1 is 0.870 bits per heavy atom. The second-order valence-electron chi connectivity index (χ2n) is 15.2. The fourth-order valence-electron chi connectivity index (χ4n) is 7.95. The predicted octanol–water partition coefficient (Wildman–Crippen LogP) is 5.73. The van der Waals surface area contributed by atoms with E-state index in [0.717, 1.165) is 6.08 Å². The monoisotopic (exact) mass is 749 g/mol. The number of Topliss-reactive ketones (excluding diaryl/α,β-unsaturated/α-hetero) is 2. The fourth-order valence-corrected chi connectivity index (χ4v) is 7.95. The number of rotatable bonds is 3. The summed E-state index contributed by atoms with van der Waals surface area (Å²) in [5.74, 6) is -7.13. The molecule has 4 aliphatic heterocycles. The summed E-state index contributed by atoms with van der Waals surface area (Å²) in [6, 6.07) is 0. The first-order chi connectivity index (χ1) is 25.3. The lowest BCUT2D eigenvalue weighted by molar-refractivity contribution is -0.336. The molecule has 1 aliphatic carbocycles. The van der Waals surface area contributed by atoms with Crippen molar-refractivity contribution in [3.05, 3.63) is 70.2 Å². The van der Waals surface area contributed by atoms with Gasteiger partial charge in [0.15, 0.2) is 11.6 Å². The summed E-state index contributed by atoms with van der Waals surface area (Å²) in [6.45, 7) is 17.5. The highest BCUT2D eigenvalue weighted by atomic mass is 16.7. The number of esters is 1. The molecule has 1 fully saturated rings. The van der Waals surface area contributed by atoms with Crippen LogP contribution in [-0.2, 0) is 33.3 Å². The van der Waals surface area contributed by atoms with Gasteiger partial charge in [-0.3, -0.25) is 24.0 Å². The molecular weight excluding hydrogens is 698 g/mol. The SMILES string of the molecule is COc1c(C)c2c3c4c1C(=O)C(=CC4=O)NC(=O)C(C)=CC=C[C@H](C)[C@H]1OC(C)(C)O[C@H]([C@H](C)[C@H](OC(C)=O)[C@@H](C)[C@H](OC)C=CO[C@@](C)(O2)C3=O)[C@@H]1C. The van der Waals surface area contributed by atoms with Gasteiger partial charge in [-0.25, -0.2) is 0 Å².